The lowest BCUT2D eigenvalue weighted by Gasteiger charge is -2.08. The van der Waals surface area contributed by atoms with E-state index in [1.54, 1.807) is 24.3 Å². The summed E-state index contributed by atoms with van der Waals surface area (Å²) in [4.78, 5) is 34.3. The maximum Gasteiger partial charge on any atom is 0.306 e. The molecule has 0 aliphatic carbocycles. The summed E-state index contributed by atoms with van der Waals surface area (Å²) < 4.78 is 14.2. The monoisotopic (exact) mass is 338 g/mol. The van der Waals surface area contributed by atoms with Gasteiger partial charge in [-0.05, 0) is 5.56 Å². The van der Waals surface area contributed by atoms with Gasteiger partial charge in [-0.2, -0.15) is 0 Å². The van der Waals surface area contributed by atoms with E-state index in [0.717, 1.165) is 5.56 Å². The average molecular weight is 338 g/mol. The molecule has 1 atom stereocenters. The van der Waals surface area contributed by atoms with Crippen molar-refractivity contribution in [2.45, 2.75) is 38.6 Å². The molecule has 1 aromatic rings. The van der Waals surface area contributed by atoms with Gasteiger partial charge in [-0.1, -0.05) is 24.3 Å². The molecule has 0 amide bonds. The Labute approximate surface area is 140 Å². The van der Waals surface area contributed by atoms with Crippen molar-refractivity contribution in [3.63, 3.8) is 0 Å². The second-order valence-electron chi connectivity index (χ2n) is 5.09. The highest BCUT2D eigenvalue weighted by molar-refractivity contribution is 5.96. The third-order valence-electron chi connectivity index (χ3n) is 3.33. The lowest BCUT2D eigenvalue weighted by Crippen LogP contribution is -2.11. The van der Waals surface area contributed by atoms with E-state index in [9.17, 15) is 19.5 Å². The number of hydrogen-bond acceptors (Lipinski definition) is 7. The summed E-state index contributed by atoms with van der Waals surface area (Å²) in [5.74, 6) is -1.06. The second-order valence-corrected chi connectivity index (χ2v) is 5.09. The molecule has 0 spiro atoms. The fourth-order valence-electron chi connectivity index (χ4n) is 1.85. The number of ketones is 1. The topological polar surface area (TPSA) is 99.1 Å². The number of aliphatic hydroxyl groups is 1. The number of aliphatic hydroxyl groups excluding tert-OH is 1. The van der Waals surface area contributed by atoms with Crippen LogP contribution in [0, 0.1) is 0 Å². The molecule has 0 radical (unpaired) electrons. The van der Waals surface area contributed by atoms with Gasteiger partial charge in [0, 0.05) is 25.5 Å². The molecule has 7 heteroatoms. The van der Waals surface area contributed by atoms with Gasteiger partial charge in [0.2, 0.25) is 0 Å². The first-order valence-electron chi connectivity index (χ1n) is 7.51. The van der Waals surface area contributed by atoms with E-state index in [1.807, 2.05) is 0 Å². The number of rotatable bonds is 10. The minimum Gasteiger partial charge on any atom is -0.469 e. The predicted octanol–water partition coefficient (Wildman–Crippen LogP) is 1.61. The van der Waals surface area contributed by atoms with Crippen LogP contribution in [0.2, 0.25) is 0 Å². The lowest BCUT2D eigenvalue weighted by molar-refractivity contribution is -0.149. The molecular formula is C17H22O7. The summed E-state index contributed by atoms with van der Waals surface area (Å²) in [6.45, 7) is 0.0663. The van der Waals surface area contributed by atoms with Crippen molar-refractivity contribution in [2.24, 2.45) is 0 Å². The highest BCUT2D eigenvalue weighted by atomic mass is 16.6. The molecule has 0 saturated carbocycles. The second kappa shape index (κ2) is 10.5. The minimum absolute atomic E-state index is 0.0178. The van der Waals surface area contributed by atoms with Crippen LogP contribution in [-0.2, 0) is 30.4 Å². The summed E-state index contributed by atoms with van der Waals surface area (Å²) in [6.07, 6.45) is -0.593. The number of carbonyl (C=O) groups is 3. The smallest absolute Gasteiger partial charge is 0.306 e. The number of hydrogen-bond donors (Lipinski definition) is 1. The average Bonchev–Trinajstić information content (AvgIpc) is 2.62. The van der Waals surface area contributed by atoms with Crippen LogP contribution in [0.25, 0.3) is 0 Å². The Morgan fingerprint density at radius 2 is 1.62 bits per heavy atom. The van der Waals surface area contributed by atoms with Gasteiger partial charge in [0.05, 0.1) is 20.0 Å². The molecule has 0 aromatic heterocycles. The maximum atomic E-state index is 11.9. The molecule has 0 saturated heterocycles. The summed E-state index contributed by atoms with van der Waals surface area (Å²) in [5.41, 5.74) is 1.24. The highest BCUT2D eigenvalue weighted by Gasteiger charge is 2.11. The van der Waals surface area contributed by atoms with Crippen LogP contribution >= 0.6 is 0 Å². The van der Waals surface area contributed by atoms with E-state index in [2.05, 4.69) is 9.47 Å². The van der Waals surface area contributed by atoms with Crippen molar-refractivity contribution in [1.29, 1.82) is 0 Å². The first kappa shape index (κ1) is 19.8. The summed E-state index contributed by atoms with van der Waals surface area (Å²) in [6, 6.07) is 6.65. The largest absolute Gasteiger partial charge is 0.469 e. The first-order valence-corrected chi connectivity index (χ1v) is 7.51. The van der Waals surface area contributed by atoms with Gasteiger partial charge in [0.15, 0.2) is 12.1 Å². The standard InChI is InChI=1S/C17H22O7/c1-22-15(19)8-7-14(18)13-5-3-12(4-6-13)11-24-17(21)10-9-16(20)23-2/h3-6,15,19H,7-11H2,1-2H3. The molecule has 24 heavy (non-hydrogen) atoms. The number of benzene rings is 1. The van der Waals surface area contributed by atoms with Gasteiger partial charge in [-0.15, -0.1) is 0 Å². The van der Waals surface area contributed by atoms with Crippen LogP contribution in [-0.4, -0.2) is 43.3 Å². The fourth-order valence-corrected chi connectivity index (χ4v) is 1.85. The predicted molar refractivity (Wildman–Crippen MR) is 84.1 cm³/mol. The van der Waals surface area contributed by atoms with E-state index < -0.39 is 18.2 Å². The number of Topliss-reactive ketones (excluding diaryl/α,β-unsaturated/α-hetero) is 1. The summed E-state index contributed by atoms with van der Waals surface area (Å²) in [5, 5.41) is 9.26. The number of esters is 2. The van der Waals surface area contributed by atoms with Crippen LogP contribution in [0.1, 0.15) is 41.6 Å². The third kappa shape index (κ3) is 7.34. The van der Waals surface area contributed by atoms with Crippen molar-refractivity contribution in [3.8, 4) is 0 Å². The zero-order valence-electron chi connectivity index (χ0n) is 13.8. The van der Waals surface area contributed by atoms with E-state index >= 15 is 0 Å². The van der Waals surface area contributed by atoms with Crippen molar-refractivity contribution in [3.05, 3.63) is 35.4 Å². The van der Waals surface area contributed by atoms with Gasteiger partial charge in [0.1, 0.15) is 6.61 Å². The van der Waals surface area contributed by atoms with Gasteiger partial charge >= 0.3 is 11.9 Å². The first-order chi connectivity index (χ1) is 11.5. The van der Waals surface area contributed by atoms with Crippen LogP contribution in [0.3, 0.4) is 0 Å². The lowest BCUT2D eigenvalue weighted by atomic mass is 10.0. The molecule has 1 N–H and O–H groups in total. The van der Waals surface area contributed by atoms with Crippen molar-refractivity contribution < 1.29 is 33.7 Å². The summed E-state index contributed by atoms with van der Waals surface area (Å²) in [7, 11) is 2.63. The van der Waals surface area contributed by atoms with Crippen LogP contribution in [0.15, 0.2) is 24.3 Å². The molecule has 1 rings (SSSR count). The Kier molecular flexibility index (Phi) is 8.67. The Balaban J connectivity index is 2.40. The Morgan fingerprint density at radius 1 is 1.00 bits per heavy atom. The van der Waals surface area contributed by atoms with E-state index in [1.165, 1.54) is 14.2 Å². The van der Waals surface area contributed by atoms with Crippen molar-refractivity contribution >= 4 is 17.7 Å². The molecule has 132 valence electrons. The molecular weight excluding hydrogens is 316 g/mol. The van der Waals surface area contributed by atoms with E-state index in [-0.39, 0.29) is 38.1 Å². The molecule has 0 aliphatic heterocycles. The molecule has 1 aromatic carbocycles. The van der Waals surface area contributed by atoms with Gasteiger partial charge < -0.3 is 19.3 Å². The molecule has 0 fully saturated rings. The quantitative estimate of drug-likeness (QED) is 0.393. The van der Waals surface area contributed by atoms with Gasteiger partial charge in [0.25, 0.3) is 0 Å². The number of ether oxygens (including phenoxy) is 3. The molecule has 0 bridgehead atoms. The number of methoxy groups -OCH3 is 2. The maximum absolute atomic E-state index is 11.9. The molecule has 0 aliphatic rings. The highest BCUT2D eigenvalue weighted by Crippen LogP contribution is 2.11. The Hall–Kier alpha value is -2.25. The van der Waals surface area contributed by atoms with Crippen molar-refractivity contribution in [2.75, 3.05) is 14.2 Å². The molecule has 7 nitrogen and oxygen atoms in total. The molecule has 0 heterocycles. The number of carbonyl (C=O) groups excluding carboxylic acids is 3. The van der Waals surface area contributed by atoms with E-state index in [0.29, 0.717) is 5.56 Å². The third-order valence-corrected chi connectivity index (χ3v) is 3.33. The fraction of sp³-hybridized carbons (Fsp3) is 0.471. The van der Waals surface area contributed by atoms with Gasteiger partial charge in [-0.3, -0.25) is 14.4 Å². The van der Waals surface area contributed by atoms with Crippen molar-refractivity contribution in [1.82, 2.24) is 0 Å². The van der Waals surface area contributed by atoms with Crippen LogP contribution in [0.4, 0.5) is 0 Å². The summed E-state index contributed by atoms with van der Waals surface area (Å²) >= 11 is 0. The normalized spacial score (nSPS) is 11.6. The van der Waals surface area contributed by atoms with Crippen LogP contribution in [0.5, 0.6) is 0 Å². The Bertz CT molecular complexity index is 551. The molecule has 1 unspecified atom stereocenters. The zero-order chi connectivity index (χ0) is 17.9. The zero-order valence-corrected chi connectivity index (χ0v) is 13.8. The van der Waals surface area contributed by atoms with E-state index in [4.69, 9.17) is 4.74 Å². The van der Waals surface area contributed by atoms with Crippen LogP contribution < -0.4 is 0 Å². The minimum atomic E-state index is -0.947. The SMILES string of the molecule is COC(=O)CCC(=O)OCc1ccc(C(=O)CCC(O)OC)cc1. The Morgan fingerprint density at radius 3 is 2.21 bits per heavy atom. The van der Waals surface area contributed by atoms with Gasteiger partial charge in [-0.25, -0.2) is 0 Å².